The van der Waals surface area contributed by atoms with Gasteiger partial charge in [-0.3, -0.25) is 0 Å². The zero-order valence-corrected chi connectivity index (χ0v) is 10.2. The van der Waals surface area contributed by atoms with Gasteiger partial charge in [0, 0.05) is 18.2 Å². The van der Waals surface area contributed by atoms with Crippen molar-refractivity contribution in [1.82, 2.24) is 5.32 Å². The van der Waals surface area contributed by atoms with Crippen molar-refractivity contribution in [2.75, 3.05) is 25.0 Å². The summed E-state index contributed by atoms with van der Waals surface area (Å²) in [6.45, 7) is 3.54. The van der Waals surface area contributed by atoms with E-state index >= 15 is 0 Å². The Kier molecular flexibility index (Phi) is 3.72. The fourth-order valence-corrected chi connectivity index (χ4v) is 2.98. The zero-order valence-electron chi connectivity index (χ0n) is 9.41. The number of fused-ring (bicyclic) bond motifs is 1. The van der Waals surface area contributed by atoms with Crippen LogP contribution in [0.2, 0.25) is 0 Å². The molecule has 1 saturated heterocycles. The molecule has 0 spiro atoms. The van der Waals surface area contributed by atoms with E-state index in [1.807, 2.05) is 0 Å². The number of nitrogens with one attached hydrogen (secondary N) is 2. The van der Waals surface area contributed by atoms with E-state index in [2.05, 4.69) is 34.9 Å². The van der Waals surface area contributed by atoms with E-state index in [0.29, 0.717) is 0 Å². The Hall–Kier alpha value is -0.730. The van der Waals surface area contributed by atoms with Gasteiger partial charge in [-0.25, -0.2) is 0 Å². The molecule has 0 aromatic heterocycles. The molecule has 1 fully saturated rings. The number of rotatable bonds is 1. The monoisotopic (exact) mass is 238 g/mol. The Morgan fingerprint density at radius 2 is 1.81 bits per heavy atom. The van der Waals surface area contributed by atoms with Crippen LogP contribution in [-0.4, -0.2) is 19.6 Å². The van der Waals surface area contributed by atoms with Crippen LogP contribution in [0.5, 0.6) is 0 Å². The predicted octanol–water partition coefficient (Wildman–Crippen LogP) is 2.62. The molecule has 0 radical (unpaired) electrons. The molecule has 0 bridgehead atoms. The third-order valence-corrected chi connectivity index (χ3v) is 3.83. The summed E-state index contributed by atoms with van der Waals surface area (Å²) in [5.74, 6) is 1.63. The maximum atomic E-state index is 3.53. The molecule has 1 aromatic carbocycles. The Morgan fingerprint density at radius 3 is 2.62 bits per heavy atom. The second-order valence-corrected chi connectivity index (χ2v) is 4.66. The van der Waals surface area contributed by atoms with Crippen LogP contribution in [0.4, 0.5) is 5.69 Å². The highest BCUT2D eigenvalue weighted by molar-refractivity contribution is 5.85. The minimum Gasteiger partial charge on any atom is -0.384 e. The van der Waals surface area contributed by atoms with E-state index < -0.39 is 0 Å². The van der Waals surface area contributed by atoms with Gasteiger partial charge in [0.15, 0.2) is 0 Å². The Morgan fingerprint density at radius 1 is 1.06 bits per heavy atom. The molecule has 3 heteroatoms. The van der Waals surface area contributed by atoms with Gasteiger partial charge < -0.3 is 10.6 Å². The fourth-order valence-electron chi connectivity index (χ4n) is 2.98. The molecule has 1 unspecified atom stereocenters. The normalized spacial score (nSPS) is 24.4. The predicted molar refractivity (Wildman–Crippen MR) is 70.5 cm³/mol. The molecule has 2 aliphatic rings. The second-order valence-electron chi connectivity index (χ2n) is 4.66. The van der Waals surface area contributed by atoms with Gasteiger partial charge in [-0.1, -0.05) is 18.2 Å². The minimum atomic E-state index is 0. The van der Waals surface area contributed by atoms with Crippen molar-refractivity contribution in [2.45, 2.75) is 18.8 Å². The van der Waals surface area contributed by atoms with Crippen molar-refractivity contribution in [3.8, 4) is 0 Å². The molecule has 0 amide bonds. The highest BCUT2D eigenvalue weighted by Gasteiger charge is 2.29. The van der Waals surface area contributed by atoms with Crippen LogP contribution in [0.15, 0.2) is 24.3 Å². The Labute approximate surface area is 103 Å². The van der Waals surface area contributed by atoms with Crippen molar-refractivity contribution in [2.24, 2.45) is 5.92 Å². The molecule has 3 rings (SSSR count). The van der Waals surface area contributed by atoms with E-state index in [9.17, 15) is 0 Å². The van der Waals surface area contributed by atoms with Crippen LogP contribution >= 0.6 is 12.4 Å². The van der Waals surface area contributed by atoms with Gasteiger partial charge in [0.1, 0.15) is 0 Å². The van der Waals surface area contributed by atoms with E-state index in [1.54, 1.807) is 5.56 Å². The van der Waals surface area contributed by atoms with Gasteiger partial charge in [-0.15, -0.1) is 12.4 Å². The van der Waals surface area contributed by atoms with Crippen LogP contribution in [0.1, 0.15) is 24.3 Å². The molecule has 2 aliphatic heterocycles. The van der Waals surface area contributed by atoms with Crippen molar-refractivity contribution in [1.29, 1.82) is 0 Å². The average Bonchev–Trinajstić information content (AvgIpc) is 2.74. The quantitative estimate of drug-likeness (QED) is 0.786. The maximum Gasteiger partial charge on any atom is 0.0376 e. The lowest BCUT2D eigenvalue weighted by Gasteiger charge is -2.27. The molecule has 2 heterocycles. The third kappa shape index (κ3) is 2.04. The molecule has 88 valence electrons. The van der Waals surface area contributed by atoms with E-state index in [-0.39, 0.29) is 12.4 Å². The molecule has 1 atom stereocenters. The number of anilines is 1. The summed E-state index contributed by atoms with van der Waals surface area (Å²) in [4.78, 5) is 0. The highest BCUT2D eigenvalue weighted by Crippen LogP contribution is 2.39. The number of benzene rings is 1. The lowest BCUT2D eigenvalue weighted by Crippen LogP contribution is -2.31. The van der Waals surface area contributed by atoms with Crippen molar-refractivity contribution in [3.63, 3.8) is 0 Å². The molecular weight excluding hydrogens is 220 g/mol. The number of halogens is 1. The maximum absolute atomic E-state index is 3.53. The smallest absolute Gasteiger partial charge is 0.0376 e. The molecule has 2 N–H and O–H groups in total. The summed E-state index contributed by atoms with van der Waals surface area (Å²) in [5, 5.41) is 6.97. The minimum absolute atomic E-state index is 0. The summed E-state index contributed by atoms with van der Waals surface area (Å²) in [7, 11) is 0. The first-order valence-electron chi connectivity index (χ1n) is 5.98. The molecule has 0 aliphatic carbocycles. The summed E-state index contributed by atoms with van der Waals surface area (Å²) < 4.78 is 0. The van der Waals surface area contributed by atoms with Gasteiger partial charge in [0.05, 0.1) is 0 Å². The third-order valence-electron chi connectivity index (χ3n) is 3.83. The molecule has 16 heavy (non-hydrogen) atoms. The summed E-state index contributed by atoms with van der Waals surface area (Å²) in [5.41, 5.74) is 2.91. The first kappa shape index (κ1) is 11.7. The van der Waals surface area contributed by atoms with Gasteiger partial charge >= 0.3 is 0 Å². The Bertz CT molecular complexity index is 348. The molecule has 0 saturated carbocycles. The number of hydrogen-bond acceptors (Lipinski definition) is 2. The van der Waals surface area contributed by atoms with Gasteiger partial charge in [-0.2, -0.15) is 0 Å². The number of hydrogen-bond donors (Lipinski definition) is 2. The van der Waals surface area contributed by atoms with Crippen molar-refractivity contribution >= 4 is 18.1 Å². The van der Waals surface area contributed by atoms with Crippen LogP contribution in [0, 0.1) is 5.92 Å². The second kappa shape index (κ2) is 5.07. The first-order valence-corrected chi connectivity index (χ1v) is 5.98. The number of piperidine rings is 1. The Balaban J connectivity index is 0.000000963. The van der Waals surface area contributed by atoms with E-state index in [0.717, 1.165) is 18.4 Å². The van der Waals surface area contributed by atoms with Crippen LogP contribution < -0.4 is 10.6 Å². The lowest BCUT2D eigenvalue weighted by molar-refractivity contribution is 0.330. The number of para-hydroxylation sites is 1. The van der Waals surface area contributed by atoms with Crippen molar-refractivity contribution in [3.05, 3.63) is 29.8 Å². The fraction of sp³-hybridized carbons (Fsp3) is 0.538. The summed E-state index contributed by atoms with van der Waals surface area (Å²) in [6, 6.07) is 8.79. The largest absolute Gasteiger partial charge is 0.384 e. The van der Waals surface area contributed by atoms with E-state index in [4.69, 9.17) is 0 Å². The molecule has 1 aromatic rings. The SMILES string of the molecule is Cl.c1ccc2c(c1)NCC2C1CCNCC1. The first-order chi connectivity index (χ1) is 7.45. The highest BCUT2D eigenvalue weighted by atomic mass is 35.5. The van der Waals surface area contributed by atoms with Gasteiger partial charge in [-0.05, 0) is 43.5 Å². The van der Waals surface area contributed by atoms with E-state index in [1.165, 1.54) is 31.6 Å². The topological polar surface area (TPSA) is 24.1 Å². The summed E-state index contributed by atoms with van der Waals surface area (Å²) >= 11 is 0. The van der Waals surface area contributed by atoms with Gasteiger partial charge in [0.2, 0.25) is 0 Å². The lowest BCUT2D eigenvalue weighted by atomic mass is 9.82. The van der Waals surface area contributed by atoms with Crippen LogP contribution in [-0.2, 0) is 0 Å². The molecule has 2 nitrogen and oxygen atoms in total. The molecular formula is C13H19ClN2. The van der Waals surface area contributed by atoms with Crippen LogP contribution in [0.3, 0.4) is 0 Å². The van der Waals surface area contributed by atoms with Crippen LogP contribution in [0.25, 0.3) is 0 Å². The average molecular weight is 239 g/mol. The zero-order chi connectivity index (χ0) is 10.1. The standard InChI is InChI=1S/C13H18N2.ClH/c1-2-4-13-11(3-1)12(9-15-13)10-5-7-14-8-6-10;/h1-4,10,12,14-15H,5-9H2;1H. The summed E-state index contributed by atoms with van der Waals surface area (Å²) in [6.07, 6.45) is 2.67. The van der Waals surface area contributed by atoms with Gasteiger partial charge in [0.25, 0.3) is 0 Å². The van der Waals surface area contributed by atoms with Crippen molar-refractivity contribution < 1.29 is 0 Å².